The van der Waals surface area contributed by atoms with Gasteiger partial charge in [-0.2, -0.15) is 5.26 Å². The van der Waals surface area contributed by atoms with Gasteiger partial charge in [0.15, 0.2) is 11.6 Å². The van der Waals surface area contributed by atoms with Crippen LogP contribution < -0.4 is 10.1 Å². The second-order valence-corrected chi connectivity index (χ2v) is 4.61. The van der Waals surface area contributed by atoms with Crippen LogP contribution in [0.1, 0.15) is 23.6 Å². The molecule has 21 heavy (non-hydrogen) atoms. The van der Waals surface area contributed by atoms with Crippen LogP contribution in [0.4, 0.5) is 4.39 Å². The standard InChI is InChI=1S/C17H17FN2O/c1-2-20-11-15-4-3-5-16(18)17(15)21-12-14-8-6-13(10-19)7-9-14/h3-9,20H,2,11-12H2,1H3. The molecule has 108 valence electrons. The fraction of sp³-hybridized carbons (Fsp3) is 0.235. The highest BCUT2D eigenvalue weighted by Gasteiger charge is 2.09. The van der Waals surface area contributed by atoms with Crippen molar-refractivity contribution in [1.29, 1.82) is 5.26 Å². The maximum Gasteiger partial charge on any atom is 0.165 e. The van der Waals surface area contributed by atoms with Gasteiger partial charge in [-0.25, -0.2) is 4.39 Å². The van der Waals surface area contributed by atoms with Crippen molar-refractivity contribution in [1.82, 2.24) is 5.32 Å². The lowest BCUT2D eigenvalue weighted by atomic mass is 10.1. The first-order chi connectivity index (χ1) is 10.2. The maximum atomic E-state index is 13.9. The molecular weight excluding hydrogens is 267 g/mol. The van der Waals surface area contributed by atoms with E-state index in [0.29, 0.717) is 12.1 Å². The summed E-state index contributed by atoms with van der Waals surface area (Å²) < 4.78 is 19.5. The summed E-state index contributed by atoms with van der Waals surface area (Å²) in [7, 11) is 0. The number of para-hydroxylation sites is 1. The Kier molecular flexibility index (Phi) is 5.30. The summed E-state index contributed by atoms with van der Waals surface area (Å²) in [5.74, 6) is -0.0816. The van der Waals surface area contributed by atoms with Crippen LogP contribution in [-0.2, 0) is 13.2 Å². The molecule has 0 amide bonds. The van der Waals surface area contributed by atoms with E-state index in [1.807, 2.05) is 25.1 Å². The van der Waals surface area contributed by atoms with Gasteiger partial charge in [-0.05, 0) is 30.3 Å². The summed E-state index contributed by atoms with van der Waals surface area (Å²) >= 11 is 0. The minimum absolute atomic E-state index is 0.270. The molecule has 0 saturated carbocycles. The van der Waals surface area contributed by atoms with E-state index in [1.54, 1.807) is 18.2 Å². The topological polar surface area (TPSA) is 45.0 Å². The Labute approximate surface area is 124 Å². The first-order valence-electron chi connectivity index (χ1n) is 6.84. The van der Waals surface area contributed by atoms with Gasteiger partial charge in [0.2, 0.25) is 0 Å². The lowest BCUT2D eigenvalue weighted by Gasteiger charge is -2.13. The van der Waals surface area contributed by atoms with Gasteiger partial charge in [-0.1, -0.05) is 31.2 Å². The molecule has 0 radical (unpaired) electrons. The summed E-state index contributed by atoms with van der Waals surface area (Å²) in [6.07, 6.45) is 0. The molecule has 0 saturated heterocycles. The fourth-order valence-corrected chi connectivity index (χ4v) is 1.95. The smallest absolute Gasteiger partial charge is 0.165 e. The van der Waals surface area contributed by atoms with Gasteiger partial charge in [0.25, 0.3) is 0 Å². The third-order valence-electron chi connectivity index (χ3n) is 3.08. The molecule has 2 rings (SSSR count). The van der Waals surface area contributed by atoms with E-state index in [-0.39, 0.29) is 18.2 Å². The number of benzene rings is 2. The van der Waals surface area contributed by atoms with Crippen molar-refractivity contribution in [2.75, 3.05) is 6.54 Å². The van der Waals surface area contributed by atoms with Crippen molar-refractivity contribution >= 4 is 0 Å². The van der Waals surface area contributed by atoms with E-state index in [1.165, 1.54) is 6.07 Å². The van der Waals surface area contributed by atoms with Gasteiger partial charge in [0.1, 0.15) is 6.61 Å². The Morgan fingerprint density at radius 1 is 1.19 bits per heavy atom. The van der Waals surface area contributed by atoms with Crippen molar-refractivity contribution in [3.05, 3.63) is 65.0 Å². The van der Waals surface area contributed by atoms with Crippen LogP contribution in [0.2, 0.25) is 0 Å². The molecule has 2 aromatic carbocycles. The van der Waals surface area contributed by atoms with Crippen molar-refractivity contribution in [3.8, 4) is 11.8 Å². The second-order valence-electron chi connectivity index (χ2n) is 4.61. The molecule has 0 aliphatic carbocycles. The molecule has 0 bridgehead atoms. The Balaban J connectivity index is 2.09. The molecular formula is C17H17FN2O. The third-order valence-corrected chi connectivity index (χ3v) is 3.08. The number of nitrogens with one attached hydrogen (secondary N) is 1. The number of hydrogen-bond acceptors (Lipinski definition) is 3. The lowest BCUT2D eigenvalue weighted by molar-refractivity contribution is 0.286. The highest BCUT2D eigenvalue weighted by molar-refractivity contribution is 5.36. The van der Waals surface area contributed by atoms with Crippen LogP contribution >= 0.6 is 0 Å². The zero-order valence-corrected chi connectivity index (χ0v) is 11.9. The first kappa shape index (κ1) is 15.0. The Bertz CT molecular complexity index is 632. The minimum atomic E-state index is -0.362. The zero-order valence-electron chi connectivity index (χ0n) is 11.9. The van der Waals surface area contributed by atoms with E-state index >= 15 is 0 Å². The van der Waals surface area contributed by atoms with Crippen molar-refractivity contribution in [2.45, 2.75) is 20.1 Å². The molecule has 0 heterocycles. The van der Waals surface area contributed by atoms with Crippen molar-refractivity contribution in [2.24, 2.45) is 0 Å². The molecule has 0 fully saturated rings. The Morgan fingerprint density at radius 3 is 2.62 bits per heavy atom. The van der Waals surface area contributed by atoms with Gasteiger partial charge in [-0.15, -0.1) is 0 Å². The highest BCUT2D eigenvalue weighted by atomic mass is 19.1. The molecule has 0 atom stereocenters. The third kappa shape index (κ3) is 4.04. The van der Waals surface area contributed by atoms with E-state index in [2.05, 4.69) is 11.4 Å². The minimum Gasteiger partial charge on any atom is -0.485 e. The predicted molar refractivity (Wildman–Crippen MR) is 79.3 cm³/mol. The van der Waals surface area contributed by atoms with Crippen LogP contribution in [0.3, 0.4) is 0 Å². The fourth-order valence-electron chi connectivity index (χ4n) is 1.95. The zero-order chi connectivity index (χ0) is 15.1. The van der Waals surface area contributed by atoms with E-state index in [0.717, 1.165) is 17.7 Å². The largest absolute Gasteiger partial charge is 0.485 e. The first-order valence-corrected chi connectivity index (χ1v) is 6.84. The molecule has 2 aromatic rings. The van der Waals surface area contributed by atoms with Crippen molar-refractivity contribution in [3.63, 3.8) is 0 Å². The van der Waals surface area contributed by atoms with Gasteiger partial charge >= 0.3 is 0 Å². The van der Waals surface area contributed by atoms with Gasteiger partial charge in [0.05, 0.1) is 11.6 Å². The SMILES string of the molecule is CCNCc1cccc(F)c1OCc1ccc(C#N)cc1. The van der Waals surface area contributed by atoms with Crippen LogP contribution in [0.5, 0.6) is 5.75 Å². The molecule has 4 heteroatoms. The summed E-state index contributed by atoms with van der Waals surface area (Å²) in [6.45, 7) is 3.64. The average molecular weight is 284 g/mol. The normalized spacial score (nSPS) is 10.1. The van der Waals surface area contributed by atoms with Crippen LogP contribution in [-0.4, -0.2) is 6.54 Å². The molecule has 0 aliphatic heterocycles. The summed E-state index contributed by atoms with van der Waals surface area (Å²) in [5, 5.41) is 11.9. The molecule has 0 spiro atoms. The van der Waals surface area contributed by atoms with E-state index in [4.69, 9.17) is 10.00 Å². The van der Waals surface area contributed by atoms with E-state index in [9.17, 15) is 4.39 Å². The van der Waals surface area contributed by atoms with E-state index < -0.39 is 0 Å². The lowest BCUT2D eigenvalue weighted by Crippen LogP contribution is -2.13. The van der Waals surface area contributed by atoms with Gasteiger partial charge in [-0.3, -0.25) is 0 Å². The van der Waals surface area contributed by atoms with Crippen LogP contribution in [0.25, 0.3) is 0 Å². The Hall–Kier alpha value is -2.38. The van der Waals surface area contributed by atoms with Gasteiger partial charge < -0.3 is 10.1 Å². The molecule has 0 unspecified atom stereocenters. The number of halogens is 1. The number of nitrogens with zero attached hydrogens (tertiary/aromatic N) is 1. The van der Waals surface area contributed by atoms with Gasteiger partial charge in [0, 0.05) is 12.1 Å². The summed E-state index contributed by atoms with van der Waals surface area (Å²) in [4.78, 5) is 0. The number of ether oxygens (including phenoxy) is 1. The monoisotopic (exact) mass is 284 g/mol. The number of hydrogen-bond donors (Lipinski definition) is 1. The second kappa shape index (κ2) is 7.41. The molecule has 3 nitrogen and oxygen atoms in total. The molecule has 0 aliphatic rings. The van der Waals surface area contributed by atoms with Crippen molar-refractivity contribution < 1.29 is 9.13 Å². The average Bonchev–Trinajstić information content (AvgIpc) is 2.52. The highest BCUT2D eigenvalue weighted by Crippen LogP contribution is 2.23. The quantitative estimate of drug-likeness (QED) is 0.884. The number of rotatable bonds is 6. The number of nitriles is 1. The Morgan fingerprint density at radius 2 is 1.95 bits per heavy atom. The molecule has 1 N–H and O–H groups in total. The molecule has 0 aromatic heterocycles. The van der Waals surface area contributed by atoms with Crippen LogP contribution in [0, 0.1) is 17.1 Å². The summed E-state index contributed by atoms with van der Waals surface area (Å²) in [6, 6.07) is 14.0. The summed E-state index contributed by atoms with van der Waals surface area (Å²) in [5.41, 5.74) is 2.29. The maximum absolute atomic E-state index is 13.9. The predicted octanol–water partition coefficient (Wildman–Crippen LogP) is 3.39. The van der Waals surface area contributed by atoms with Crippen LogP contribution in [0.15, 0.2) is 42.5 Å².